The summed E-state index contributed by atoms with van der Waals surface area (Å²) in [7, 11) is 0. The number of hydrogen-bond donors (Lipinski definition) is 1. The molecule has 8 heteroatoms. The molecule has 0 saturated carbocycles. The summed E-state index contributed by atoms with van der Waals surface area (Å²) < 4.78 is 1.65. The summed E-state index contributed by atoms with van der Waals surface area (Å²) in [6.07, 6.45) is 1.46. The van der Waals surface area contributed by atoms with Crippen molar-refractivity contribution in [3.05, 3.63) is 28.9 Å². The molecule has 0 amide bonds. The van der Waals surface area contributed by atoms with E-state index in [4.69, 9.17) is 16.7 Å². The molecule has 3 aromatic rings. The zero-order valence-electron chi connectivity index (χ0n) is 9.87. The van der Waals surface area contributed by atoms with Gasteiger partial charge >= 0.3 is 5.97 Å². The monoisotopic (exact) mass is 342 g/mol. The Kier molecular flexibility index (Phi) is 3.93. The Bertz CT molecular complexity index is 784. The predicted octanol–water partition coefficient (Wildman–Crippen LogP) is 4.25. The summed E-state index contributed by atoms with van der Waals surface area (Å²) in [5.74, 6) is -0.868. The molecule has 3 rings (SSSR count). The van der Waals surface area contributed by atoms with Gasteiger partial charge in [0, 0.05) is 9.75 Å². The van der Waals surface area contributed by atoms with Crippen LogP contribution in [-0.2, 0) is 4.79 Å². The molecule has 0 fully saturated rings. The minimum atomic E-state index is -0.858. The highest BCUT2D eigenvalue weighted by Crippen LogP contribution is 2.40. The van der Waals surface area contributed by atoms with Crippen LogP contribution in [-0.4, -0.2) is 26.8 Å². The van der Waals surface area contributed by atoms with E-state index in [-0.39, 0.29) is 5.75 Å². The number of aliphatic carboxylic acids is 1. The van der Waals surface area contributed by atoms with Crippen molar-refractivity contribution in [2.24, 2.45) is 0 Å². The van der Waals surface area contributed by atoms with Crippen LogP contribution >= 0.6 is 46.0 Å². The van der Waals surface area contributed by atoms with Gasteiger partial charge in [-0.2, -0.15) is 0 Å². The first-order chi connectivity index (χ1) is 9.63. The van der Waals surface area contributed by atoms with E-state index >= 15 is 0 Å². The Morgan fingerprint density at radius 3 is 2.85 bits per heavy atom. The lowest BCUT2D eigenvalue weighted by Crippen LogP contribution is -1.98. The second kappa shape index (κ2) is 5.69. The molecule has 20 heavy (non-hydrogen) atoms. The SMILES string of the molecule is O=C(O)CSc1ncnc2cc(-c3ccc(Cl)s3)sc12. The molecule has 0 spiro atoms. The molecule has 102 valence electrons. The van der Waals surface area contributed by atoms with Crippen molar-refractivity contribution in [2.75, 3.05) is 5.75 Å². The van der Waals surface area contributed by atoms with E-state index < -0.39 is 5.97 Å². The van der Waals surface area contributed by atoms with Gasteiger partial charge in [-0.25, -0.2) is 9.97 Å². The van der Waals surface area contributed by atoms with Gasteiger partial charge in [0.15, 0.2) is 0 Å². The van der Waals surface area contributed by atoms with Crippen LogP contribution in [0.3, 0.4) is 0 Å². The van der Waals surface area contributed by atoms with Gasteiger partial charge in [-0.3, -0.25) is 4.79 Å². The molecule has 0 saturated heterocycles. The zero-order valence-corrected chi connectivity index (χ0v) is 13.1. The third-order valence-corrected chi connectivity index (χ3v) is 6.09. The fourth-order valence-corrected chi connectivity index (χ4v) is 4.67. The lowest BCUT2D eigenvalue weighted by atomic mass is 10.3. The number of carbonyl (C=O) groups is 1. The molecule has 0 atom stereocenters. The molecule has 0 aliphatic heterocycles. The van der Waals surface area contributed by atoms with E-state index in [1.165, 1.54) is 29.4 Å². The van der Waals surface area contributed by atoms with E-state index in [1.54, 1.807) is 11.3 Å². The van der Waals surface area contributed by atoms with Gasteiger partial charge in [-0.15, -0.1) is 22.7 Å². The minimum absolute atomic E-state index is 0.00975. The van der Waals surface area contributed by atoms with Crippen LogP contribution in [0.15, 0.2) is 29.6 Å². The highest BCUT2D eigenvalue weighted by atomic mass is 35.5. The fourth-order valence-electron chi connectivity index (χ4n) is 1.63. The molecule has 0 radical (unpaired) electrons. The van der Waals surface area contributed by atoms with Gasteiger partial charge in [0.2, 0.25) is 0 Å². The molecule has 0 unspecified atom stereocenters. The molecule has 0 bridgehead atoms. The first kappa shape index (κ1) is 13.8. The Balaban J connectivity index is 2.02. The number of rotatable bonds is 4. The van der Waals surface area contributed by atoms with Crippen LogP contribution in [0.25, 0.3) is 20.0 Å². The maximum Gasteiger partial charge on any atom is 0.313 e. The Morgan fingerprint density at radius 1 is 1.30 bits per heavy atom. The largest absolute Gasteiger partial charge is 0.481 e. The molecule has 3 aromatic heterocycles. The van der Waals surface area contributed by atoms with Gasteiger partial charge < -0.3 is 5.11 Å². The minimum Gasteiger partial charge on any atom is -0.481 e. The lowest BCUT2D eigenvalue weighted by Gasteiger charge is -1.97. The van der Waals surface area contributed by atoms with Crippen LogP contribution in [0.4, 0.5) is 0 Å². The number of fused-ring (bicyclic) bond motifs is 1. The number of carboxylic acid groups (broad SMARTS) is 1. The summed E-state index contributed by atoms with van der Waals surface area (Å²) in [5.41, 5.74) is 0.831. The number of hydrogen-bond acceptors (Lipinski definition) is 6. The van der Waals surface area contributed by atoms with Crippen LogP contribution in [0, 0.1) is 0 Å². The second-order valence-corrected chi connectivity index (χ2v) is 7.52. The molecule has 4 nitrogen and oxygen atoms in total. The van der Waals surface area contributed by atoms with E-state index in [9.17, 15) is 4.79 Å². The predicted molar refractivity (Wildman–Crippen MR) is 84.1 cm³/mol. The van der Waals surface area contributed by atoms with Crippen LogP contribution in [0.2, 0.25) is 4.34 Å². The van der Waals surface area contributed by atoms with Crippen LogP contribution in [0.5, 0.6) is 0 Å². The van der Waals surface area contributed by atoms with Crippen molar-refractivity contribution in [1.29, 1.82) is 0 Å². The summed E-state index contributed by atoms with van der Waals surface area (Å²) in [4.78, 5) is 21.2. The third kappa shape index (κ3) is 2.80. The molecule has 0 aromatic carbocycles. The van der Waals surface area contributed by atoms with Crippen molar-refractivity contribution in [3.8, 4) is 9.75 Å². The third-order valence-electron chi connectivity index (χ3n) is 2.43. The van der Waals surface area contributed by atoms with Crippen molar-refractivity contribution < 1.29 is 9.90 Å². The molecule has 0 aliphatic rings. The second-order valence-electron chi connectivity index (χ2n) is 3.79. The number of carboxylic acids is 1. The Morgan fingerprint density at radius 2 is 2.15 bits per heavy atom. The zero-order chi connectivity index (χ0) is 14.1. The highest BCUT2D eigenvalue weighted by Gasteiger charge is 2.12. The average molecular weight is 343 g/mol. The summed E-state index contributed by atoms with van der Waals surface area (Å²) in [6.45, 7) is 0. The molecule has 0 aliphatic carbocycles. The smallest absolute Gasteiger partial charge is 0.313 e. The quantitative estimate of drug-likeness (QED) is 0.567. The standard InChI is InChI=1S/C12H7ClN2O2S3/c13-9-2-1-7(19-9)8-3-6-11(20-8)12(15-5-14-6)18-4-10(16)17/h1-3,5H,4H2,(H,16,17). The maximum absolute atomic E-state index is 10.7. The maximum atomic E-state index is 10.7. The van der Waals surface area contributed by atoms with Gasteiger partial charge in [-0.1, -0.05) is 23.4 Å². The average Bonchev–Trinajstić information content (AvgIpc) is 3.01. The van der Waals surface area contributed by atoms with Crippen LogP contribution < -0.4 is 0 Å². The van der Waals surface area contributed by atoms with E-state index in [0.29, 0.717) is 5.03 Å². The first-order valence-electron chi connectivity index (χ1n) is 5.48. The highest BCUT2D eigenvalue weighted by molar-refractivity contribution is 8.00. The number of aromatic nitrogens is 2. The molecular formula is C12H7ClN2O2S3. The molecule has 1 N–H and O–H groups in total. The first-order valence-corrected chi connectivity index (χ1v) is 8.48. The Hall–Kier alpha value is -1.15. The summed E-state index contributed by atoms with van der Waals surface area (Å²) in [6, 6.07) is 5.81. The lowest BCUT2D eigenvalue weighted by molar-refractivity contribution is -0.133. The van der Waals surface area contributed by atoms with Crippen molar-refractivity contribution in [2.45, 2.75) is 5.03 Å². The van der Waals surface area contributed by atoms with Crippen molar-refractivity contribution in [1.82, 2.24) is 9.97 Å². The molecular weight excluding hydrogens is 336 g/mol. The van der Waals surface area contributed by atoms with E-state index in [1.807, 2.05) is 18.2 Å². The van der Waals surface area contributed by atoms with Gasteiger partial charge in [0.05, 0.1) is 20.3 Å². The number of thiophene rings is 2. The van der Waals surface area contributed by atoms with Gasteiger partial charge in [-0.05, 0) is 18.2 Å². The van der Waals surface area contributed by atoms with Crippen molar-refractivity contribution in [3.63, 3.8) is 0 Å². The topological polar surface area (TPSA) is 63.1 Å². The number of thioether (sulfide) groups is 1. The van der Waals surface area contributed by atoms with E-state index in [0.717, 1.165) is 24.3 Å². The molecule has 3 heterocycles. The normalized spacial score (nSPS) is 11.1. The van der Waals surface area contributed by atoms with Gasteiger partial charge in [0.1, 0.15) is 11.4 Å². The van der Waals surface area contributed by atoms with Gasteiger partial charge in [0.25, 0.3) is 0 Å². The fraction of sp³-hybridized carbons (Fsp3) is 0.0833. The summed E-state index contributed by atoms with van der Waals surface area (Å²) >= 11 is 10.2. The number of nitrogens with zero attached hydrogens (tertiary/aromatic N) is 2. The Labute approximate surface area is 131 Å². The van der Waals surface area contributed by atoms with Crippen molar-refractivity contribution >= 4 is 62.2 Å². The van der Waals surface area contributed by atoms with E-state index in [2.05, 4.69) is 9.97 Å². The number of halogens is 1. The van der Waals surface area contributed by atoms with Crippen LogP contribution in [0.1, 0.15) is 0 Å². The summed E-state index contributed by atoms with van der Waals surface area (Å²) in [5, 5.41) is 9.46.